The van der Waals surface area contributed by atoms with Crippen molar-refractivity contribution < 1.29 is 19.4 Å². The van der Waals surface area contributed by atoms with E-state index in [-0.39, 0.29) is 23.4 Å². The van der Waals surface area contributed by atoms with Crippen LogP contribution in [0.1, 0.15) is 40.4 Å². The highest BCUT2D eigenvalue weighted by molar-refractivity contribution is 6.03. The number of carboxylic acid groups (broad SMARTS) is 1. The van der Waals surface area contributed by atoms with Gasteiger partial charge in [-0.3, -0.25) is 4.79 Å². The molecule has 3 aromatic rings. The number of nitrogens with zero attached hydrogens (tertiary/aromatic N) is 1. The molecule has 5 nitrogen and oxygen atoms in total. The Kier molecular flexibility index (Phi) is 6.03. The van der Waals surface area contributed by atoms with Crippen LogP contribution in [0.5, 0.6) is 5.75 Å². The number of hydrogen-bond donors (Lipinski definition) is 1. The molecule has 0 saturated carbocycles. The molecule has 0 bridgehead atoms. The van der Waals surface area contributed by atoms with Crippen molar-refractivity contribution in [2.75, 3.05) is 12.0 Å². The normalized spacial score (nSPS) is 17.8. The van der Waals surface area contributed by atoms with Crippen molar-refractivity contribution in [3.63, 3.8) is 0 Å². The molecular weight excluding hydrogens is 390 g/mol. The first-order valence-corrected chi connectivity index (χ1v) is 10.4. The van der Waals surface area contributed by atoms with Crippen molar-refractivity contribution in [1.29, 1.82) is 0 Å². The Hall–Kier alpha value is -3.60. The minimum absolute atomic E-state index is 0.102. The molecule has 1 heterocycles. The minimum Gasteiger partial charge on any atom is -0.497 e. The van der Waals surface area contributed by atoms with Gasteiger partial charge < -0.3 is 14.7 Å². The number of benzene rings is 3. The van der Waals surface area contributed by atoms with Crippen molar-refractivity contribution in [2.45, 2.75) is 25.3 Å². The van der Waals surface area contributed by atoms with Gasteiger partial charge in [0.25, 0.3) is 0 Å². The number of aromatic carboxylic acids is 1. The second-order valence-electron chi connectivity index (χ2n) is 7.76. The molecule has 1 fully saturated rings. The lowest BCUT2D eigenvalue weighted by atomic mass is 9.78. The fourth-order valence-corrected chi connectivity index (χ4v) is 4.24. The molecule has 158 valence electrons. The number of carboxylic acids is 1. The number of anilines is 1. The van der Waals surface area contributed by atoms with Crippen molar-refractivity contribution in [2.24, 2.45) is 5.92 Å². The lowest BCUT2D eigenvalue weighted by Crippen LogP contribution is -2.55. The van der Waals surface area contributed by atoms with E-state index in [1.165, 1.54) is 5.56 Å². The largest absolute Gasteiger partial charge is 0.497 e. The van der Waals surface area contributed by atoms with E-state index >= 15 is 0 Å². The van der Waals surface area contributed by atoms with Gasteiger partial charge in [-0.25, -0.2) is 4.79 Å². The molecule has 5 heteroatoms. The van der Waals surface area contributed by atoms with Gasteiger partial charge >= 0.3 is 5.97 Å². The number of hydrogen-bond acceptors (Lipinski definition) is 3. The van der Waals surface area contributed by atoms with Gasteiger partial charge in [0.15, 0.2) is 0 Å². The lowest BCUT2D eigenvalue weighted by molar-refractivity contribution is -0.130. The first kappa shape index (κ1) is 20.7. The summed E-state index contributed by atoms with van der Waals surface area (Å²) in [6.07, 6.45) is 2.63. The van der Waals surface area contributed by atoms with Crippen LogP contribution in [0.25, 0.3) is 0 Å². The molecule has 4 rings (SSSR count). The Balaban J connectivity index is 1.55. The molecule has 1 N–H and O–H groups in total. The zero-order valence-corrected chi connectivity index (χ0v) is 17.4. The summed E-state index contributed by atoms with van der Waals surface area (Å²) in [6, 6.07) is 24.5. The molecule has 0 spiro atoms. The topological polar surface area (TPSA) is 66.8 Å². The summed E-state index contributed by atoms with van der Waals surface area (Å²) in [5, 5.41) is 9.21. The molecule has 1 amide bonds. The highest BCUT2D eigenvalue weighted by Crippen LogP contribution is 2.46. The Labute approximate surface area is 181 Å². The molecule has 1 saturated heterocycles. The molecule has 0 radical (unpaired) electrons. The number of amides is 1. The van der Waals surface area contributed by atoms with Crippen molar-refractivity contribution in [3.8, 4) is 5.75 Å². The third kappa shape index (κ3) is 4.31. The van der Waals surface area contributed by atoms with Gasteiger partial charge in [0.2, 0.25) is 5.91 Å². The predicted molar refractivity (Wildman–Crippen MR) is 119 cm³/mol. The SMILES string of the molecule is COc1ccc(N2C(=O)C(CCCc3ccccc3)C2c2ccc(C(=O)O)cc2)cc1. The van der Waals surface area contributed by atoms with E-state index in [0.29, 0.717) is 0 Å². The highest BCUT2D eigenvalue weighted by atomic mass is 16.5. The fourth-order valence-electron chi connectivity index (χ4n) is 4.24. The van der Waals surface area contributed by atoms with Crippen LogP contribution in [0.15, 0.2) is 78.9 Å². The van der Waals surface area contributed by atoms with Gasteiger partial charge in [-0.05, 0) is 66.8 Å². The lowest BCUT2D eigenvalue weighted by Gasteiger charge is -2.47. The average Bonchev–Trinajstić information content (AvgIpc) is 2.81. The maximum absolute atomic E-state index is 13.1. The van der Waals surface area contributed by atoms with Crippen molar-refractivity contribution >= 4 is 17.6 Å². The Bertz CT molecular complexity index is 1050. The summed E-state index contributed by atoms with van der Waals surface area (Å²) >= 11 is 0. The Morgan fingerprint density at radius 2 is 1.65 bits per heavy atom. The molecule has 1 aliphatic rings. The van der Waals surface area contributed by atoms with Crippen molar-refractivity contribution in [3.05, 3.63) is 95.6 Å². The summed E-state index contributed by atoms with van der Waals surface area (Å²) in [7, 11) is 1.61. The van der Waals surface area contributed by atoms with Crippen LogP contribution < -0.4 is 9.64 Å². The van der Waals surface area contributed by atoms with Crippen LogP contribution in [0.3, 0.4) is 0 Å². The number of ether oxygens (including phenoxy) is 1. The molecular formula is C26H25NO4. The van der Waals surface area contributed by atoms with Crippen LogP contribution >= 0.6 is 0 Å². The smallest absolute Gasteiger partial charge is 0.335 e. The predicted octanol–water partition coefficient (Wildman–Crippen LogP) is 5.12. The molecule has 1 aliphatic heterocycles. The summed E-state index contributed by atoms with van der Waals surface area (Å²) in [5.41, 5.74) is 3.28. The Morgan fingerprint density at radius 1 is 0.968 bits per heavy atom. The van der Waals surface area contributed by atoms with E-state index in [4.69, 9.17) is 4.74 Å². The van der Waals surface area contributed by atoms with Gasteiger partial charge in [-0.15, -0.1) is 0 Å². The van der Waals surface area contributed by atoms with Crippen molar-refractivity contribution in [1.82, 2.24) is 0 Å². The summed E-state index contributed by atoms with van der Waals surface area (Å²) in [6.45, 7) is 0. The van der Waals surface area contributed by atoms with E-state index in [0.717, 1.165) is 36.3 Å². The van der Waals surface area contributed by atoms with E-state index in [9.17, 15) is 14.7 Å². The molecule has 3 aromatic carbocycles. The summed E-state index contributed by atoms with van der Waals surface area (Å²) in [4.78, 5) is 26.2. The summed E-state index contributed by atoms with van der Waals surface area (Å²) < 4.78 is 5.23. The van der Waals surface area contributed by atoms with Gasteiger partial charge in [-0.2, -0.15) is 0 Å². The zero-order chi connectivity index (χ0) is 21.8. The third-order valence-electron chi connectivity index (χ3n) is 5.89. The van der Waals surface area contributed by atoms with Crippen LogP contribution in [0.4, 0.5) is 5.69 Å². The molecule has 2 unspecified atom stereocenters. The number of methoxy groups -OCH3 is 1. The van der Waals surface area contributed by atoms with Gasteiger partial charge in [0.05, 0.1) is 24.6 Å². The standard InChI is InChI=1S/C26H25NO4/c1-31-22-16-14-21(15-17-22)27-24(19-10-12-20(13-11-19)26(29)30)23(25(27)28)9-5-8-18-6-3-2-4-7-18/h2-4,6-7,10-17,23-24H,5,8-9H2,1H3,(H,29,30). The number of aryl methyl sites for hydroxylation is 1. The third-order valence-corrected chi connectivity index (χ3v) is 5.89. The number of rotatable bonds is 8. The molecule has 0 aromatic heterocycles. The molecule has 31 heavy (non-hydrogen) atoms. The second kappa shape index (κ2) is 9.04. The van der Waals surface area contributed by atoms with Crippen LogP contribution in [0, 0.1) is 5.92 Å². The monoisotopic (exact) mass is 415 g/mol. The minimum atomic E-state index is -0.956. The van der Waals surface area contributed by atoms with E-state index in [1.807, 2.05) is 59.5 Å². The van der Waals surface area contributed by atoms with Crippen LogP contribution in [-0.2, 0) is 11.2 Å². The Morgan fingerprint density at radius 3 is 2.26 bits per heavy atom. The first-order chi connectivity index (χ1) is 15.1. The second-order valence-corrected chi connectivity index (χ2v) is 7.76. The number of carbonyl (C=O) groups excluding carboxylic acids is 1. The number of β-lactam (4-membered cyclic amide) rings is 1. The molecule has 0 aliphatic carbocycles. The van der Waals surface area contributed by atoms with Crippen LogP contribution in [-0.4, -0.2) is 24.1 Å². The average molecular weight is 415 g/mol. The number of carbonyl (C=O) groups is 2. The summed E-state index contributed by atoms with van der Waals surface area (Å²) in [5.74, 6) is -0.242. The van der Waals surface area contributed by atoms with E-state index in [2.05, 4.69) is 12.1 Å². The first-order valence-electron chi connectivity index (χ1n) is 10.4. The van der Waals surface area contributed by atoms with Gasteiger partial charge in [0, 0.05) is 5.69 Å². The fraction of sp³-hybridized carbons (Fsp3) is 0.231. The molecule has 2 atom stereocenters. The van der Waals surface area contributed by atoms with Gasteiger partial charge in [0.1, 0.15) is 5.75 Å². The van der Waals surface area contributed by atoms with Gasteiger partial charge in [-0.1, -0.05) is 42.5 Å². The quantitative estimate of drug-likeness (QED) is 0.519. The van der Waals surface area contributed by atoms with E-state index in [1.54, 1.807) is 19.2 Å². The zero-order valence-electron chi connectivity index (χ0n) is 17.4. The van der Waals surface area contributed by atoms with Crippen LogP contribution in [0.2, 0.25) is 0 Å². The van der Waals surface area contributed by atoms with E-state index < -0.39 is 5.97 Å². The maximum atomic E-state index is 13.1. The maximum Gasteiger partial charge on any atom is 0.335 e. The highest BCUT2D eigenvalue weighted by Gasteiger charge is 2.48.